The maximum atomic E-state index is 12.3. The van der Waals surface area contributed by atoms with Gasteiger partial charge in [-0.3, -0.25) is 4.79 Å². The van der Waals surface area contributed by atoms with Crippen LogP contribution in [-0.2, 0) is 11.3 Å². The molecule has 0 unspecified atom stereocenters. The van der Waals surface area contributed by atoms with Crippen LogP contribution in [0.15, 0.2) is 48.0 Å². The minimum absolute atomic E-state index is 0.0977. The number of halogens is 2. The Kier molecular flexibility index (Phi) is 5.79. The van der Waals surface area contributed by atoms with Crippen molar-refractivity contribution in [2.75, 3.05) is 14.1 Å². The topological polar surface area (TPSA) is 49.0 Å². The number of nitriles is 1. The van der Waals surface area contributed by atoms with E-state index in [2.05, 4.69) is 4.57 Å². The number of hydrogen-bond acceptors (Lipinski definition) is 2. The molecule has 0 radical (unpaired) electrons. The maximum absolute atomic E-state index is 12.3. The number of rotatable bonds is 4. The van der Waals surface area contributed by atoms with Crippen LogP contribution < -0.4 is 0 Å². The zero-order valence-electron chi connectivity index (χ0n) is 15.8. The molecule has 3 aromatic rings. The van der Waals surface area contributed by atoms with Gasteiger partial charge in [0.15, 0.2) is 0 Å². The van der Waals surface area contributed by atoms with Crippen LogP contribution >= 0.6 is 23.2 Å². The van der Waals surface area contributed by atoms with Gasteiger partial charge in [0.25, 0.3) is 5.91 Å². The van der Waals surface area contributed by atoms with E-state index < -0.39 is 0 Å². The largest absolute Gasteiger partial charge is 0.344 e. The van der Waals surface area contributed by atoms with E-state index in [0.29, 0.717) is 16.6 Å². The Labute approximate surface area is 174 Å². The second-order valence-electron chi connectivity index (χ2n) is 6.71. The summed E-state index contributed by atoms with van der Waals surface area (Å²) in [5, 5.41) is 11.6. The van der Waals surface area contributed by atoms with Crippen molar-refractivity contribution in [2.45, 2.75) is 13.5 Å². The lowest BCUT2D eigenvalue weighted by atomic mass is 10.1. The summed E-state index contributed by atoms with van der Waals surface area (Å²) in [4.78, 5) is 13.7. The van der Waals surface area contributed by atoms with Crippen molar-refractivity contribution in [1.82, 2.24) is 9.47 Å². The Balaban J connectivity index is 2.17. The van der Waals surface area contributed by atoms with Gasteiger partial charge in [0, 0.05) is 52.8 Å². The molecule has 2 aromatic carbocycles. The molecule has 28 heavy (non-hydrogen) atoms. The van der Waals surface area contributed by atoms with Gasteiger partial charge in [-0.25, -0.2) is 0 Å². The van der Waals surface area contributed by atoms with Crippen LogP contribution in [0.1, 0.15) is 16.8 Å². The molecule has 1 aromatic heterocycles. The molecule has 0 aliphatic heterocycles. The van der Waals surface area contributed by atoms with Crippen molar-refractivity contribution in [3.8, 4) is 6.07 Å². The van der Waals surface area contributed by atoms with E-state index in [1.807, 2.05) is 49.4 Å². The van der Waals surface area contributed by atoms with Crippen LogP contribution in [0.25, 0.3) is 17.0 Å². The normalized spacial score (nSPS) is 11.5. The highest BCUT2D eigenvalue weighted by atomic mass is 35.5. The zero-order chi connectivity index (χ0) is 20.4. The second-order valence-corrected chi connectivity index (χ2v) is 7.55. The van der Waals surface area contributed by atoms with Crippen molar-refractivity contribution in [1.29, 1.82) is 5.26 Å². The Hall–Kier alpha value is -2.74. The molecule has 0 saturated heterocycles. The van der Waals surface area contributed by atoms with E-state index in [0.717, 1.165) is 27.7 Å². The molecule has 1 amide bonds. The van der Waals surface area contributed by atoms with Crippen LogP contribution in [-0.4, -0.2) is 29.5 Å². The molecule has 1 heterocycles. The van der Waals surface area contributed by atoms with Gasteiger partial charge in [-0.15, -0.1) is 0 Å². The second kappa shape index (κ2) is 8.10. The molecule has 0 saturated carbocycles. The molecular weight excluding hydrogens is 393 g/mol. The lowest BCUT2D eigenvalue weighted by Crippen LogP contribution is -2.22. The van der Waals surface area contributed by atoms with E-state index in [4.69, 9.17) is 23.2 Å². The molecule has 0 fully saturated rings. The van der Waals surface area contributed by atoms with Gasteiger partial charge in [-0.1, -0.05) is 47.5 Å². The van der Waals surface area contributed by atoms with E-state index >= 15 is 0 Å². The number of fused-ring (bicyclic) bond motifs is 1. The van der Waals surface area contributed by atoms with Crippen LogP contribution in [0, 0.1) is 18.3 Å². The van der Waals surface area contributed by atoms with Crippen molar-refractivity contribution in [3.63, 3.8) is 0 Å². The molecule has 0 bridgehead atoms. The summed E-state index contributed by atoms with van der Waals surface area (Å²) in [6, 6.07) is 15.4. The quantitative estimate of drug-likeness (QED) is 0.431. The zero-order valence-corrected chi connectivity index (χ0v) is 17.3. The number of benzene rings is 2. The summed E-state index contributed by atoms with van der Waals surface area (Å²) in [7, 11) is 3.26. The third-order valence-electron chi connectivity index (χ3n) is 4.67. The fourth-order valence-electron chi connectivity index (χ4n) is 3.19. The molecular formula is C22H19Cl2N3O. The first-order valence-corrected chi connectivity index (χ1v) is 9.44. The summed E-state index contributed by atoms with van der Waals surface area (Å²) < 4.78 is 2.13. The first-order chi connectivity index (χ1) is 13.3. The van der Waals surface area contributed by atoms with Crippen molar-refractivity contribution in [2.24, 2.45) is 0 Å². The summed E-state index contributed by atoms with van der Waals surface area (Å²) in [5.74, 6) is -0.320. The molecule has 0 spiro atoms. The minimum Gasteiger partial charge on any atom is -0.344 e. The number of likely N-dealkylation sites (N-methyl/N-ethyl adjacent to an activating group) is 1. The van der Waals surface area contributed by atoms with Gasteiger partial charge in [0.2, 0.25) is 0 Å². The molecule has 0 aliphatic rings. The van der Waals surface area contributed by atoms with Gasteiger partial charge in [0.1, 0.15) is 11.6 Å². The van der Waals surface area contributed by atoms with E-state index in [-0.39, 0.29) is 11.5 Å². The smallest absolute Gasteiger partial charge is 0.264 e. The predicted octanol–water partition coefficient (Wildman–Crippen LogP) is 5.30. The summed E-state index contributed by atoms with van der Waals surface area (Å²) in [6.45, 7) is 2.53. The van der Waals surface area contributed by atoms with Crippen LogP contribution in [0.4, 0.5) is 0 Å². The predicted molar refractivity (Wildman–Crippen MR) is 115 cm³/mol. The first-order valence-electron chi connectivity index (χ1n) is 8.68. The molecule has 0 aliphatic carbocycles. The number of carbonyl (C=O) groups is 1. The number of amides is 1. The highest BCUT2D eigenvalue weighted by molar-refractivity contribution is 6.35. The fraction of sp³-hybridized carbons (Fsp3) is 0.182. The van der Waals surface area contributed by atoms with Crippen molar-refractivity contribution in [3.05, 3.63) is 74.9 Å². The highest BCUT2D eigenvalue weighted by Crippen LogP contribution is 2.30. The standard InChI is InChI=1S/C22H19Cl2N3O/c1-14-19(10-16(12-25)22(28)26(2)3)18-6-4-5-7-21(18)27(14)13-15-8-9-17(23)11-20(15)24/h4-11H,13H2,1-3H3/b16-10+. The summed E-state index contributed by atoms with van der Waals surface area (Å²) >= 11 is 12.4. The van der Waals surface area contributed by atoms with E-state index in [1.165, 1.54) is 4.90 Å². The lowest BCUT2D eigenvalue weighted by molar-refractivity contribution is -0.124. The van der Waals surface area contributed by atoms with Gasteiger partial charge in [-0.2, -0.15) is 5.26 Å². The highest BCUT2D eigenvalue weighted by Gasteiger charge is 2.17. The van der Waals surface area contributed by atoms with Gasteiger partial charge < -0.3 is 9.47 Å². The maximum Gasteiger partial charge on any atom is 0.264 e. The molecule has 3 rings (SSSR count). The molecule has 0 N–H and O–H groups in total. The SMILES string of the molecule is Cc1c(/C=C(\C#N)C(=O)N(C)C)c2ccccc2n1Cc1ccc(Cl)cc1Cl. The Morgan fingerprint density at radius 3 is 2.57 bits per heavy atom. The summed E-state index contributed by atoms with van der Waals surface area (Å²) in [5.41, 5.74) is 3.85. The minimum atomic E-state index is -0.320. The number of hydrogen-bond donors (Lipinski definition) is 0. The third-order valence-corrected chi connectivity index (χ3v) is 5.26. The Bertz CT molecular complexity index is 1140. The average Bonchev–Trinajstić information content (AvgIpc) is 2.93. The fourth-order valence-corrected chi connectivity index (χ4v) is 3.66. The number of para-hydroxylation sites is 1. The van der Waals surface area contributed by atoms with Crippen LogP contribution in [0.3, 0.4) is 0 Å². The molecule has 6 heteroatoms. The van der Waals surface area contributed by atoms with Crippen molar-refractivity contribution < 1.29 is 4.79 Å². The third kappa shape index (κ3) is 3.77. The molecule has 0 atom stereocenters. The van der Waals surface area contributed by atoms with Crippen LogP contribution in [0.5, 0.6) is 0 Å². The summed E-state index contributed by atoms with van der Waals surface area (Å²) in [6.07, 6.45) is 1.67. The average molecular weight is 412 g/mol. The first kappa shape index (κ1) is 20.0. The monoisotopic (exact) mass is 411 g/mol. The Morgan fingerprint density at radius 1 is 1.21 bits per heavy atom. The van der Waals surface area contributed by atoms with E-state index in [9.17, 15) is 10.1 Å². The van der Waals surface area contributed by atoms with E-state index in [1.54, 1.807) is 26.2 Å². The number of nitrogens with zero attached hydrogens (tertiary/aromatic N) is 3. The number of carbonyl (C=O) groups excluding carboxylic acids is 1. The Morgan fingerprint density at radius 2 is 1.93 bits per heavy atom. The lowest BCUT2D eigenvalue weighted by Gasteiger charge is -2.11. The molecule has 4 nitrogen and oxygen atoms in total. The van der Waals surface area contributed by atoms with Crippen molar-refractivity contribution >= 4 is 46.1 Å². The van der Waals surface area contributed by atoms with Gasteiger partial charge in [0.05, 0.1) is 0 Å². The van der Waals surface area contributed by atoms with Gasteiger partial charge >= 0.3 is 0 Å². The number of aromatic nitrogens is 1. The van der Waals surface area contributed by atoms with Gasteiger partial charge in [-0.05, 0) is 36.8 Å². The molecule has 142 valence electrons. The van der Waals surface area contributed by atoms with Crippen LogP contribution in [0.2, 0.25) is 10.0 Å².